The molecule has 2 N–H and O–H groups in total. The minimum absolute atomic E-state index is 0. The van der Waals surface area contributed by atoms with Crippen LogP contribution in [-0.4, -0.2) is 8.38 Å². The van der Waals surface area contributed by atoms with E-state index < -0.39 is 13.4 Å². The molecule has 0 saturated heterocycles. The van der Waals surface area contributed by atoms with Gasteiger partial charge in [0.2, 0.25) is 0 Å². The van der Waals surface area contributed by atoms with Crippen molar-refractivity contribution in [1.82, 2.24) is 0 Å². The van der Waals surface area contributed by atoms with Gasteiger partial charge < -0.3 is 1.43 Å². The van der Waals surface area contributed by atoms with Gasteiger partial charge >= 0.3 is 48.3 Å². The van der Waals surface area contributed by atoms with Crippen LogP contribution in [0.2, 0.25) is 0 Å². The Kier molecular flexibility index (Phi) is 11.9. The minimum atomic E-state index is -5.12. The van der Waals surface area contributed by atoms with Crippen LogP contribution in [0.1, 0.15) is 1.43 Å². The number of hydrogen-bond donors (Lipinski definition) is 2. The Hall–Kier alpha value is 1.14. The number of rotatable bonds is 0. The molecule has 0 aliphatic heterocycles. The Bertz CT molecular complexity index is 99.2. The SMILES string of the molecule is [Co].[H-].[Li+].[O]=[Mn](=[O])([OH])[OH]. The van der Waals surface area contributed by atoms with Crippen molar-refractivity contribution in [3.63, 3.8) is 0 Å². The summed E-state index contributed by atoms with van der Waals surface area (Å²) in [4.78, 5) is 0. The van der Waals surface area contributed by atoms with Gasteiger partial charge in [0.05, 0.1) is 0 Å². The van der Waals surface area contributed by atoms with E-state index in [1.807, 2.05) is 0 Å². The maximum atomic E-state index is 8.80. The van der Waals surface area contributed by atoms with Crippen molar-refractivity contribution < 1.29 is 66.5 Å². The molecule has 7 heavy (non-hydrogen) atoms. The summed E-state index contributed by atoms with van der Waals surface area (Å²) in [7, 11) is 0. The molecule has 1 radical (unpaired) electrons. The van der Waals surface area contributed by atoms with Crippen molar-refractivity contribution in [3.05, 3.63) is 0 Å². The zero-order valence-corrected chi connectivity index (χ0v) is 5.64. The molecule has 0 aromatic heterocycles. The third-order valence-corrected chi connectivity index (χ3v) is 0. The molecular weight excluding hydrogens is 185 g/mol. The second-order valence-corrected chi connectivity index (χ2v) is 1.71. The predicted molar refractivity (Wildman–Crippen MR) is 6.92 cm³/mol. The van der Waals surface area contributed by atoms with Crippen LogP contribution in [0, 0.1) is 0 Å². The van der Waals surface area contributed by atoms with Crippen LogP contribution in [-0.2, 0) is 37.8 Å². The molecule has 0 heterocycles. The molecule has 0 amide bonds. The van der Waals surface area contributed by atoms with Crippen molar-refractivity contribution in [2.45, 2.75) is 0 Å². The molecule has 0 aliphatic carbocycles. The molecule has 0 aromatic rings. The first-order valence-electron chi connectivity index (χ1n) is 0.647. The van der Waals surface area contributed by atoms with E-state index in [-0.39, 0.29) is 37.1 Å². The van der Waals surface area contributed by atoms with Crippen LogP contribution in [0.5, 0.6) is 0 Å². The van der Waals surface area contributed by atoms with Crippen LogP contribution >= 0.6 is 0 Å². The van der Waals surface area contributed by atoms with Gasteiger partial charge in [-0.2, -0.15) is 0 Å². The standard InChI is InChI=1S/Co.Li.Mn.2H2O.2O.H/h;;;2*1H2;;;/q;+1;+2;;;;;-1/p-2. The van der Waals surface area contributed by atoms with Gasteiger partial charge in [-0.1, -0.05) is 0 Å². The van der Waals surface area contributed by atoms with E-state index in [9.17, 15) is 0 Å². The molecule has 0 spiro atoms. The second-order valence-electron chi connectivity index (χ2n) is 0.415. The summed E-state index contributed by atoms with van der Waals surface area (Å²) in [5, 5.41) is 0. The van der Waals surface area contributed by atoms with Gasteiger partial charge in [0, 0.05) is 16.8 Å². The average molecular weight is 188 g/mol. The maximum absolute atomic E-state index is 8.80. The first-order valence-corrected chi connectivity index (χ1v) is 2.67. The van der Waals surface area contributed by atoms with Gasteiger partial charge in [-0.25, -0.2) is 0 Å². The molecular formula is H3CoLiMnO4. The van der Waals surface area contributed by atoms with Crippen molar-refractivity contribution in [2.24, 2.45) is 0 Å². The van der Waals surface area contributed by atoms with E-state index in [0.717, 1.165) is 0 Å². The van der Waals surface area contributed by atoms with Gasteiger partial charge in [-0.15, -0.1) is 0 Å². The summed E-state index contributed by atoms with van der Waals surface area (Å²) in [6, 6.07) is 0. The first-order chi connectivity index (χ1) is 2.00. The van der Waals surface area contributed by atoms with Crippen LogP contribution in [0.3, 0.4) is 0 Å². The summed E-state index contributed by atoms with van der Waals surface area (Å²) >= 11 is -5.12. The zero-order chi connectivity index (χ0) is 4.50. The van der Waals surface area contributed by atoms with E-state index in [1.54, 1.807) is 0 Å². The van der Waals surface area contributed by atoms with Crippen LogP contribution in [0.4, 0.5) is 0 Å². The third-order valence-electron chi connectivity index (χ3n) is 0. The van der Waals surface area contributed by atoms with E-state index in [0.29, 0.717) is 0 Å². The van der Waals surface area contributed by atoms with Gasteiger partial charge in [-0.3, -0.25) is 0 Å². The third kappa shape index (κ3) is 145. The van der Waals surface area contributed by atoms with Crippen molar-refractivity contribution >= 4 is 0 Å². The average Bonchev–Trinajstić information content (AvgIpc) is 0.722. The second kappa shape index (κ2) is 5.28. The molecule has 0 aliphatic rings. The molecule has 0 fully saturated rings. The van der Waals surface area contributed by atoms with Crippen molar-refractivity contribution in [3.8, 4) is 0 Å². The summed E-state index contributed by atoms with van der Waals surface area (Å²) in [5.74, 6) is 0. The molecule has 0 saturated carbocycles. The van der Waals surface area contributed by atoms with Crippen LogP contribution in [0.25, 0.3) is 0 Å². The fourth-order valence-corrected chi connectivity index (χ4v) is 0. The summed E-state index contributed by atoms with van der Waals surface area (Å²) < 4.78 is 31.8. The molecule has 0 atom stereocenters. The fourth-order valence-electron chi connectivity index (χ4n) is 0. The topological polar surface area (TPSA) is 74.6 Å². The Morgan fingerprint density at radius 1 is 1.29 bits per heavy atom. The molecule has 0 aromatic carbocycles. The van der Waals surface area contributed by atoms with Crippen LogP contribution in [0.15, 0.2) is 0 Å². The Morgan fingerprint density at radius 3 is 1.29 bits per heavy atom. The van der Waals surface area contributed by atoms with E-state index in [2.05, 4.69) is 0 Å². The summed E-state index contributed by atoms with van der Waals surface area (Å²) in [6.45, 7) is 0. The Morgan fingerprint density at radius 2 is 1.29 bits per heavy atom. The molecule has 0 rings (SSSR count). The van der Waals surface area contributed by atoms with Gasteiger partial charge in [0.15, 0.2) is 0 Å². The molecule has 44 valence electrons. The van der Waals surface area contributed by atoms with Gasteiger partial charge in [-0.05, 0) is 0 Å². The van der Waals surface area contributed by atoms with E-state index in [1.165, 1.54) is 0 Å². The summed E-state index contributed by atoms with van der Waals surface area (Å²) in [6.07, 6.45) is 0. The summed E-state index contributed by atoms with van der Waals surface area (Å²) in [5.41, 5.74) is 0. The van der Waals surface area contributed by atoms with Crippen molar-refractivity contribution in [1.29, 1.82) is 0 Å². The van der Waals surface area contributed by atoms with E-state index in [4.69, 9.17) is 16.0 Å². The Balaban J connectivity index is -0.0000000267. The normalized spacial score (nSPS) is 8.29. The Labute approximate surface area is 66.4 Å². The fraction of sp³-hybridized carbons (Fsp3) is 0. The quantitative estimate of drug-likeness (QED) is 0.377. The van der Waals surface area contributed by atoms with Crippen molar-refractivity contribution in [2.75, 3.05) is 0 Å². The molecule has 0 unspecified atom stereocenters. The van der Waals surface area contributed by atoms with Crippen LogP contribution < -0.4 is 18.9 Å². The number of hydrogen-bond acceptors (Lipinski definition) is 2. The first kappa shape index (κ1) is 15.7. The van der Waals surface area contributed by atoms with Gasteiger partial charge in [0.1, 0.15) is 0 Å². The molecule has 7 heteroatoms. The zero-order valence-electron chi connectivity index (χ0n) is 4.42. The monoisotopic (exact) mass is 188 g/mol. The molecule has 4 nitrogen and oxygen atoms in total. The van der Waals surface area contributed by atoms with E-state index >= 15 is 0 Å². The predicted octanol–water partition coefficient (Wildman–Crippen LogP) is -4.24. The molecule has 0 bridgehead atoms. The van der Waals surface area contributed by atoms with Gasteiger partial charge in [0.25, 0.3) is 0 Å².